The van der Waals surface area contributed by atoms with E-state index in [0.717, 1.165) is 4.90 Å². The van der Waals surface area contributed by atoms with Gasteiger partial charge in [0, 0.05) is 23.4 Å². The minimum Gasteiger partial charge on any atom is -0.457 e. The van der Waals surface area contributed by atoms with Gasteiger partial charge in [-0.2, -0.15) is 0 Å². The fraction of sp³-hybridized carbons (Fsp3) is 0.833. The van der Waals surface area contributed by atoms with Crippen molar-refractivity contribution in [2.45, 2.75) is 45.3 Å². The van der Waals surface area contributed by atoms with Crippen molar-refractivity contribution in [1.29, 1.82) is 0 Å². The average Bonchev–Trinajstić information content (AvgIpc) is 2.22. The second-order valence-corrected chi connectivity index (χ2v) is 4.87. The van der Waals surface area contributed by atoms with Gasteiger partial charge in [-0.25, -0.2) is 9.59 Å². The van der Waals surface area contributed by atoms with Crippen molar-refractivity contribution in [3.63, 3.8) is 0 Å². The monoisotopic (exact) mass is 263 g/mol. The zero-order chi connectivity index (χ0) is 16.1. The topological polar surface area (TPSA) is 76.1 Å². The lowest BCUT2D eigenvalue weighted by molar-refractivity contribution is -0.166. The van der Waals surface area contributed by atoms with Crippen molar-refractivity contribution in [2.75, 3.05) is 20.7 Å². The van der Waals surface area contributed by atoms with Gasteiger partial charge in [0.2, 0.25) is 6.10 Å². The number of rotatable bonds is 5. The van der Waals surface area contributed by atoms with Crippen LogP contribution in [0.25, 0.3) is 0 Å². The molecule has 0 spiro atoms. The smallest absolute Gasteiger partial charge is 0.410 e. The maximum atomic E-state index is 12.0. The lowest BCUT2D eigenvalue weighted by Crippen LogP contribution is -2.37. The maximum absolute atomic E-state index is 12.0. The van der Waals surface area contributed by atoms with E-state index in [0.29, 0.717) is 0 Å². The molecule has 0 saturated heterocycles. The summed E-state index contributed by atoms with van der Waals surface area (Å²) in [6, 6.07) is 0. The third-order valence-corrected chi connectivity index (χ3v) is 1.65. The van der Waals surface area contributed by atoms with E-state index >= 15 is 0 Å². The largest absolute Gasteiger partial charge is 0.457 e. The van der Waals surface area contributed by atoms with E-state index in [4.69, 9.17) is 17.3 Å². The fourth-order valence-corrected chi connectivity index (χ4v) is 0.930. The van der Waals surface area contributed by atoms with Gasteiger partial charge in [-0.05, 0) is 33.6 Å². The normalized spacial score (nSPS) is 15.2. The van der Waals surface area contributed by atoms with Crippen LogP contribution in [0.15, 0.2) is 0 Å². The summed E-state index contributed by atoms with van der Waals surface area (Å²) < 4.78 is 25.5. The van der Waals surface area contributed by atoms with Gasteiger partial charge in [0.25, 0.3) is 0 Å². The minimum absolute atomic E-state index is 0.350. The Kier molecular flexibility index (Phi) is 5.26. The molecule has 0 heterocycles. The van der Waals surface area contributed by atoms with Crippen molar-refractivity contribution in [3.05, 3.63) is 0 Å². The van der Waals surface area contributed by atoms with Gasteiger partial charge in [-0.1, -0.05) is 0 Å². The van der Waals surface area contributed by atoms with Gasteiger partial charge >= 0.3 is 12.1 Å². The molecule has 0 aromatic rings. The summed E-state index contributed by atoms with van der Waals surface area (Å²) >= 11 is 0. The summed E-state index contributed by atoms with van der Waals surface area (Å²) in [6.07, 6.45) is -5.16. The van der Waals surface area contributed by atoms with Gasteiger partial charge in [0.1, 0.15) is 5.60 Å². The third kappa shape index (κ3) is 7.11. The zero-order valence-electron chi connectivity index (χ0n) is 13.5. The highest BCUT2D eigenvalue weighted by Gasteiger charge is 2.28. The van der Waals surface area contributed by atoms with Gasteiger partial charge in [0.15, 0.2) is 0 Å². The molecule has 6 nitrogen and oxygen atoms in total. The molecule has 1 unspecified atom stereocenters. The first-order valence-electron chi connectivity index (χ1n) is 6.62. The second-order valence-electron chi connectivity index (χ2n) is 4.87. The molecule has 1 N–H and O–H groups in total. The van der Waals surface area contributed by atoms with E-state index in [9.17, 15) is 9.59 Å². The third-order valence-electron chi connectivity index (χ3n) is 1.65. The van der Waals surface area contributed by atoms with E-state index in [1.165, 1.54) is 14.1 Å². The van der Waals surface area contributed by atoms with Crippen LogP contribution in [0.1, 0.15) is 36.3 Å². The number of ether oxygens (including phenoxy) is 2. The van der Waals surface area contributed by atoms with Crippen LogP contribution in [-0.2, 0) is 14.3 Å². The van der Waals surface area contributed by atoms with E-state index in [-0.39, 0.29) is 6.42 Å². The van der Waals surface area contributed by atoms with Crippen LogP contribution in [0.2, 0.25) is 0 Å². The number of hydrogen-bond donors (Lipinski definition) is 1. The molecular weight excluding hydrogens is 238 g/mol. The minimum atomic E-state index is -2.22. The van der Waals surface area contributed by atoms with Crippen molar-refractivity contribution in [3.8, 4) is 0 Å². The van der Waals surface area contributed by atoms with Crippen molar-refractivity contribution in [2.24, 2.45) is 0 Å². The Morgan fingerprint density at radius 3 is 2.33 bits per heavy atom. The summed E-state index contributed by atoms with van der Waals surface area (Å²) in [6.45, 7) is 4.39. The molecule has 106 valence electrons. The molecule has 0 aromatic carbocycles. The molecule has 1 amide bonds. The van der Waals surface area contributed by atoms with Gasteiger partial charge < -0.3 is 19.5 Å². The van der Waals surface area contributed by atoms with Crippen LogP contribution in [0.5, 0.6) is 0 Å². The van der Waals surface area contributed by atoms with Crippen LogP contribution in [-0.4, -0.2) is 54.5 Å². The van der Waals surface area contributed by atoms with Crippen LogP contribution < -0.4 is 0 Å². The Bertz CT molecular complexity index is 352. The van der Waals surface area contributed by atoms with Gasteiger partial charge in [0.05, 0.1) is 0 Å². The van der Waals surface area contributed by atoms with Gasteiger partial charge in [-0.3, -0.25) is 0 Å². The Hall–Kier alpha value is -1.30. The standard InChI is InChI=1S/C12H23NO5/c1-12(2,3)18-10(15)9(7-6-8-14)17-11(16)13(4)5/h9,14H,6-8H2,1-5H3/i7D2. The second kappa shape index (κ2) is 7.20. The predicted molar refractivity (Wildman–Crippen MR) is 66.1 cm³/mol. The highest BCUT2D eigenvalue weighted by molar-refractivity contribution is 5.79. The molecule has 0 radical (unpaired) electrons. The highest BCUT2D eigenvalue weighted by atomic mass is 16.6. The van der Waals surface area contributed by atoms with Crippen molar-refractivity contribution >= 4 is 12.1 Å². The molecule has 0 rings (SSSR count). The Morgan fingerprint density at radius 2 is 1.94 bits per heavy atom. The average molecular weight is 263 g/mol. The summed E-state index contributed by atoms with van der Waals surface area (Å²) in [7, 11) is 2.83. The summed E-state index contributed by atoms with van der Waals surface area (Å²) in [5.74, 6) is -0.980. The van der Waals surface area contributed by atoms with Crippen LogP contribution in [0.4, 0.5) is 4.79 Å². The molecule has 18 heavy (non-hydrogen) atoms. The lowest BCUT2D eigenvalue weighted by atomic mass is 10.1. The molecule has 1 atom stereocenters. The fourth-order valence-electron chi connectivity index (χ4n) is 0.930. The molecular formula is C12H23NO5. The summed E-state index contributed by atoms with van der Waals surface area (Å²) in [5, 5.41) is 8.87. The van der Waals surface area contributed by atoms with E-state index in [1.807, 2.05) is 0 Å². The van der Waals surface area contributed by atoms with Gasteiger partial charge in [-0.15, -0.1) is 0 Å². The predicted octanol–water partition coefficient (Wildman–Crippen LogP) is 1.17. The molecule has 0 aliphatic rings. The number of carbonyl (C=O) groups excluding carboxylic acids is 2. The molecule has 0 fully saturated rings. The highest BCUT2D eigenvalue weighted by Crippen LogP contribution is 2.13. The van der Waals surface area contributed by atoms with Crippen LogP contribution in [0, 0.1) is 0 Å². The number of aliphatic hydroxyl groups excluding tert-OH is 1. The lowest BCUT2D eigenvalue weighted by Gasteiger charge is -2.24. The molecule has 0 aliphatic carbocycles. The first-order chi connectivity index (χ1) is 8.90. The van der Waals surface area contributed by atoms with Crippen LogP contribution in [0.3, 0.4) is 0 Å². The van der Waals surface area contributed by atoms with E-state index in [2.05, 4.69) is 0 Å². The van der Waals surface area contributed by atoms with Crippen molar-refractivity contribution in [1.82, 2.24) is 4.90 Å². The number of nitrogens with zero attached hydrogens (tertiary/aromatic N) is 1. The summed E-state index contributed by atoms with van der Waals surface area (Å²) in [5.41, 5.74) is -0.838. The summed E-state index contributed by atoms with van der Waals surface area (Å²) in [4.78, 5) is 24.6. The van der Waals surface area contributed by atoms with Crippen molar-refractivity contribution < 1.29 is 26.9 Å². The molecule has 0 bridgehead atoms. The number of aliphatic hydroxyl groups is 1. The molecule has 6 heteroatoms. The number of esters is 1. The number of carbonyl (C=O) groups is 2. The number of amides is 1. The molecule has 0 saturated carbocycles. The Morgan fingerprint density at radius 1 is 1.39 bits per heavy atom. The maximum Gasteiger partial charge on any atom is 0.410 e. The van der Waals surface area contributed by atoms with E-state index < -0.39 is 36.7 Å². The van der Waals surface area contributed by atoms with Crippen LogP contribution >= 0.6 is 0 Å². The quantitative estimate of drug-likeness (QED) is 0.753. The Balaban J connectivity index is 5.16. The van der Waals surface area contributed by atoms with E-state index in [1.54, 1.807) is 20.8 Å². The first kappa shape index (κ1) is 13.1. The Labute approximate surface area is 111 Å². The zero-order valence-corrected chi connectivity index (χ0v) is 11.5. The SMILES string of the molecule is [2H]C([2H])(CCO)C(OC(=O)N(C)C)C(=O)OC(C)(C)C. The number of hydrogen-bond acceptors (Lipinski definition) is 5. The first-order valence-corrected chi connectivity index (χ1v) is 5.62. The molecule has 0 aromatic heterocycles. The molecule has 0 aliphatic heterocycles.